The first kappa shape index (κ1) is 17.2. The second-order valence-electron chi connectivity index (χ2n) is 7.23. The van der Waals surface area contributed by atoms with Gasteiger partial charge >= 0.3 is 0 Å². The summed E-state index contributed by atoms with van der Waals surface area (Å²) < 4.78 is 0. The smallest absolute Gasteiger partial charge is 0.259 e. The fourth-order valence-electron chi connectivity index (χ4n) is 3.65. The molecule has 26 heavy (non-hydrogen) atoms. The van der Waals surface area contributed by atoms with Crippen molar-refractivity contribution in [3.63, 3.8) is 0 Å². The van der Waals surface area contributed by atoms with Gasteiger partial charge in [-0.15, -0.1) is 11.3 Å². The largest absolute Gasteiger partial charge is 0.311 e. The lowest BCUT2D eigenvalue weighted by molar-refractivity contribution is 0.509. The number of nitrogens with one attached hydrogen (secondary N) is 2. The number of thiophene rings is 1. The standard InChI is InChI=1S/C20H24N4OS/c1-12-9-10-15-16(11-12)26-20-17(15)19(25)21-18(22-20)13(2)23-24(3)14-7-5-4-6-8-14/h4-8,12-13,23H,9-11H2,1-3H3,(H,21,22,25)/t12-,13-/m0/s1. The van der Waals surface area contributed by atoms with Crippen LogP contribution in [-0.2, 0) is 12.8 Å². The molecule has 1 aliphatic carbocycles. The zero-order chi connectivity index (χ0) is 18.3. The van der Waals surface area contributed by atoms with Crippen molar-refractivity contribution in [2.24, 2.45) is 5.92 Å². The number of rotatable bonds is 4. The Labute approximate surface area is 157 Å². The molecule has 0 fully saturated rings. The van der Waals surface area contributed by atoms with Crippen LogP contribution in [0.2, 0.25) is 0 Å². The van der Waals surface area contributed by atoms with Crippen molar-refractivity contribution >= 4 is 27.2 Å². The van der Waals surface area contributed by atoms with Crippen LogP contribution in [0.5, 0.6) is 0 Å². The highest BCUT2D eigenvalue weighted by molar-refractivity contribution is 7.18. The second-order valence-corrected chi connectivity index (χ2v) is 8.31. The molecule has 136 valence electrons. The number of fused-ring (bicyclic) bond motifs is 3. The van der Waals surface area contributed by atoms with Gasteiger partial charge in [-0.05, 0) is 49.8 Å². The minimum absolute atomic E-state index is 0.00642. The quantitative estimate of drug-likeness (QED) is 0.688. The minimum Gasteiger partial charge on any atom is -0.311 e. The van der Waals surface area contributed by atoms with Gasteiger partial charge in [0.05, 0.1) is 17.1 Å². The fourth-order valence-corrected chi connectivity index (χ4v) is 5.04. The van der Waals surface area contributed by atoms with Gasteiger partial charge in [-0.25, -0.2) is 10.4 Å². The molecular weight excluding hydrogens is 344 g/mol. The van der Waals surface area contributed by atoms with Crippen molar-refractivity contribution in [2.75, 3.05) is 12.1 Å². The Balaban J connectivity index is 1.64. The fraction of sp³-hybridized carbons (Fsp3) is 0.400. The maximum Gasteiger partial charge on any atom is 0.259 e. The molecule has 3 aromatic rings. The van der Waals surface area contributed by atoms with E-state index < -0.39 is 0 Å². The van der Waals surface area contributed by atoms with Gasteiger partial charge in [-0.3, -0.25) is 4.79 Å². The van der Waals surface area contributed by atoms with Crippen LogP contribution in [0.4, 0.5) is 5.69 Å². The number of aromatic nitrogens is 2. The van der Waals surface area contributed by atoms with Gasteiger partial charge in [0.2, 0.25) is 0 Å². The number of aryl methyl sites for hydroxylation is 1. The van der Waals surface area contributed by atoms with Crippen LogP contribution in [0.25, 0.3) is 10.2 Å². The van der Waals surface area contributed by atoms with Crippen LogP contribution < -0.4 is 16.0 Å². The van der Waals surface area contributed by atoms with Gasteiger partial charge in [-0.2, -0.15) is 0 Å². The van der Waals surface area contributed by atoms with Crippen molar-refractivity contribution in [1.29, 1.82) is 0 Å². The Kier molecular flexibility index (Phi) is 4.54. The summed E-state index contributed by atoms with van der Waals surface area (Å²) in [6.45, 7) is 4.29. The Morgan fingerprint density at radius 3 is 2.88 bits per heavy atom. The maximum atomic E-state index is 12.7. The lowest BCUT2D eigenvalue weighted by Crippen LogP contribution is -2.37. The molecule has 4 rings (SSSR count). The number of H-pyrrole nitrogens is 1. The zero-order valence-corrected chi connectivity index (χ0v) is 16.2. The molecule has 0 aliphatic heterocycles. The highest BCUT2D eigenvalue weighted by Gasteiger charge is 2.23. The molecule has 1 aliphatic rings. The van der Waals surface area contributed by atoms with E-state index in [0.717, 1.165) is 35.2 Å². The van der Waals surface area contributed by atoms with E-state index in [0.29, 0.717) is 11.7 Å². The number of hydrazine groups is 1. The molecule has 0 saturated heterocycles. The number of hydrogen-bond donors (Lipinski definition) is 2. The van der Waals surface area contributed by atoms with Crippen molar-refractivity contribution in [3.05, 3.63) is 57.0 Å². The topological polar surface area (TPSA) is 61.0 Å². The first-order valence-electron chi connectivity index (χ1n) is 9.12. The van der Waals surface area contributed by atoms with Gasteiger partial charge in [0, 0.05) is 11.9 Å². The highest BCUT2D eigenvalue weighted by atomic mass is 32.1. The van der Waals surface area contributed by atoms with Gasteiger partial charge in [0.1, 0.15) is 10.7 Å². The van der Waals surface area contributed by atoms with Crippen molar-refractivity contribution in [3.8, 4) is 0 Å². The van der Waals surface area contributed by atoms with Crippen molar-refractivity contribution in [1.82, 2.24) is 15.4 Å². The molecule has 0 saturated carbocycles. The normalized spacial score (nSPS) is 17.9. The molecule has 2 heterocycles. The van der Waals surface area contributed by atoms with Crippen molar-refractivity contribution in [2.45, 2.75) is 39.2 Å². The molecule has 0 spiro atoms. The Morgan fingerprint density at radius 1 is 1.35 bits per heavy atom. The average Bonchev–Trinajstić information content (AvgIpc) is 3.00. The molecular formula is C20H24N4OS. The Bertz CT molecular complexity index is 979. The third-order valence-corrected chi connectivity index (χ3v) is 6.27. The van der Waals surface area contributed by atoms with E-state index in [1.165, 1.54) is 10.4 Å². The highest BCUT2D eigenvalue weighted by Crippen LogP contribution is 2.35. The van der Waals surface area contributed by atoms with E-state index in [-0.39, 0.29) is 11.6 Å². The van der Waals surface area contributed by atoms with Crippen LogP contribution in [-0.4, -0.2) is 17.0 Å². The maximum absolute atomic E-state index is 12.7. The molecule has 1 aromatic carbocycles. The number of para-hydroxylation sites is 1. The first-order chi connectivity index (χ1) is 12.5. The molecule has 2 atom stereocenters. The zero-order valence-electron chi connectivity index (χ0n) is 15.4. The first-order valence-corrected chi connectivity index (χ1v) is 9.94. The summed E-state index contributed by atoms with van der Waals surface area (Å²) in [6, 6.07) is 9.97. The van der Waals surface area contributed by atoms with Gasteiger partial charge < -0.3 is 9.99 Å². The monoisotopic (exact) mass is 368 g/mol. The molecule has 2 aromatic heterocycles. The van der Waals surface area contributed by atoms with Gasteiger partial charge in [0.25, 0.3) is 5.56 Å². The summed E-state index contributed by atoms with van der Waals surface area (Å²) >= 11 is 1.69. The van der Waals surface area contributed by atoms with E-state index in [2.05, 4.69) is 17.3 Å². The SMILES string of the molecule is C[C@H]1CCc2c(sc3nc([C@H](C)NN(C)c4ccccc4)[nH]c(=O)c23)C1. The van der Waals surface area contributed by atoms with E-state index in [1.54, 1.807) is 11.3 Å². The summed E-state index contributed by atoms with van der Waals surface area (Å²) in [5, 5.41) is 2.76. The number of benzene rings is 1. The van der Waals surface area contributed by atoms with Crippen LogP contribution in [0.1, 0.15) is 42.6 Å². The Morgan fingerprint density at radius 2 is 2.12 bits per heavy atom. The number of anilines is 1. The molecule has 2 N–H and O–H groups in total. The predicted octanol–water partition coefficient (Wildman–Crippen LogP) is 3.81. The van der Waals surface area contributed by atoms with E-state index >= 15 is 0 Å². The predicted molar refractivity (Wildman–Crippen MR) is 108 cm³/mol. The summed E-state index contributed by atoms with van der Waals surface area (Å²) in [5.74, 6) is 1.37. The minimum atomic E-state index is -0.102. The molecule has 5 nitrogen and oxygen atoms in total. The molecule has 6 heteroatoms. The third kappa shape index (κ3) is 3.15. The molecule has 0 amide bonds. The third-order valence-electron chi connectivity index (χ3n) is 5.12. The van der Waals surface area contributed by atoms with E-state index in [1.807, 2.05) is 49.3 Å². The summed E-state index contributed by atoms with van der Waals surface area (Å²) in [4.78, 5) is 22.8. The van der Waals surface area contributed by atoms with Crippen LogP contribution >= 0.6 is 11.3 Å². The van der Waals surface area contributed by atoms with Gasteiger partial charge in [-0.1, -0.05) is 25.1 Å². The molecule has 0 unspecified atom stereocenters. The number of hydrogen-bond acceptors (Lipinski definition) is 5. The average molecular weight is 369 g/mol. The second kappa shape index (κ2) is 6.85. The Hall–Kier alpha value is -2.18. The molecule has 0 bridgehead atoms. The number of aromatic amines is 1. The lowest BCUT2D eigenvalue weighted by Gasteiger charge is -2.24. The number of nitrogens with zero attached hydrogens (tertiary/aromatic N) is 2. The van der Waals surface area contributed by atoms with Crippen LogP contribution in [0.3, 0.4) is 0 Å². The summed E-state index contributed by atoms with van der Waals surface area (Å²) in [6.07, 6.45) is 3.21. The van der Waals surface area contributed by atoms with Crippen LogP contribution in [0, 0.1) is 5.92 Å². The lowest BCUT2D eigenvalue weighted by atomic mass is 9.89. The summed E-state index contributed by atoms with van der Waals surface area (Å²) in [7, 11) is 1.97. The van der Waals surface area contributed by atoms with Crippen LogP contribution in [0.15, 0.2) is 35.1 Å². The summed E-state index contributed by atoms with van der Waals surface area (Å²) in [5.41, 5.74) is 5.66. The van der Waals surface area contributed by atoms with Crippen molar-refractivity contribution < 1.29 is 0 Å². The van der Waals surface area contributed by atoms with Gasteiger partial charge in [0.15, 0.2) is 0 Å². The van der Waals surface area contributed by atoms with E-state index in [9.17, 15) is 4.79 Å². The van der Waals surface area contributed by atoms with E-state index in [4.69, 9.17) is 4.98 Å². The molecule has 0 radical (unpaired) electrons.